The van der Waals surface area contributed by atoms with Crippen LogP contribution in [-0.4, -0.2) is 30.1 Å². The smallest absolute Gasteiger partial charge is 0.126 e. The zero-order chi connectivity index (χ0) is 16.4. The summed E-state index contributed by atoms with van der Waals surface area (Å²) in [7, 11) is 2.08. The summed E-state index contributed by atoms with van der Waals surface area (Å²) in [6.07, 6.45) is 1.95. The Bertz CT molecular complexity index is 690. The van der Waals surface area contributed by atoms with Gasteiger partial charge in [0.05, 0.1) is 5.60 Å². The van der Waals surface area contributed by atoms with Crippen LogP contribution in [0.1, 0.15) is 35.1 Å². The van der Waals surface area contributed by atoms with Gasteiger partial charge in [0.1, 0.15) is 5.82 Å². The Morgan fingerprint density at radius 2 is 1.78 bits per heavy atom. The van der Waals surface area contributed by atoms with E-state index in [-0.39, 0.29) is 5.82 Å². The molecule has 1 fully saturated rings. The van der Waals surface area contributed by atoms with Crippen LogP contribution < -0.4 is 0 Å². The van der Waals surface area contributed by atoms with Crippen LogP contribution in [0.3, 0.4) is 0 Å². The van der Waals surface area contributed by atoms with E-state index in [1.165, 1.54) is 0 Å². The molecule has 3 rings (SSSR count). The molecule has 0 atom stereocenters. The number of likely N-dealkylation sites (tertiary alicyclic amines) is 1. The lowest BCUT2D eigenvalue weighted by molar-refractivity contribution is -0.0209. The van der Waals surface area contributed by atoms with Gasteiger partial charge in [-0.05, 0) is 55.1 Å². The molecule has 2 nitrogen and oxygen atoms in total. The third-order valence-electron chi connectivity index (χ3n) is 4.92. The number of halogens is 1. The predicted molar refractivity (Wildman–Crippen MR) is 91.0 cm³/mol. The van der Waals surface area contributed by atoms with E-state index in [2.05, 4.69) is 11.9 Å². The highest BCUT2D eigenvalue weighted by Gasteiger charge is 2.34. The Hall–Kier alpha value is -1.71. The van der Waals surface area contributed by atoms with Gasteiger partial charge in [0.15, 0.2) is 0 Å². The maximum Gasteiger partial charge on any atom is 0.126 e. The van der Waals surface area contributed by atoms with Crippen molar-refractivity contribution in [3.05, 3.63) is 70.5 Å². The highest BCUT2D eigenvalue weighted by atomic mass is 19.1. The molecular formula is C20H24FNO. The third kappa shape index (κ3) is 3.46. The number of rotatable bonds is 3. The van der Waals surface area contributed by atoms with Crippen molar-refractivity contribution in [3.8, 4) is 0 Å². The molecule has 23 heavy (non-hydrogen) atoms. The molecule has 0 spiro atoms. The van der Waals surface area contributed by atoms with E-state index >= 15 is 0 Å². The zero-order valence-corrected chi connectivity index (χ0v) is 13.8. The Kier molecular flexibility index (Phi) is 4.51. The summed E-state index contributed by atoms with van der Waals surface area (Å²) in [5, 5.41) is 11.1. The van der Waals surface area contributed by atoms with E-state index in [0.29, 0.717) is 12.0 Å². The van der Waals surface area contributed by atoms with Crippen molar-refractivity contribution in [2.75, 3.05) is 20.1 Å². The molecule has 0 bridgehead atoms. The van der Waals surface area contributed by atoms with Gasteiger partial charge >= 0.3 is 0 Å². The molecule has 2 aromatic carbocycles. The normalized spacial score (nSPS) is 18.1. The first-order valence-corrected chi connectivity index (χ1v) is 8.22. The molecule has 0 aromatic heterocycles. The number of nitrogens with zero attached hydrogens (tertiary/aromatic N) is 1. The molecule has 1 N–H and O–H groups in total. The lowest BCUT2D eigenvalue weighted by Crippen LogP contribution is -2.41. The first-order valence-electron chi connectivity index (χ1n) is 8.22. The molecule has 2 aromatic rings. The Morgan fingerprint density at radius 1 is 1.09 bits per heavy atom. The van der Waals surface area contributed by atoms with Gasteiger partial charge in [0.2, 0.25) is 0 Å². The van der Waals surface area contributed by atoms with Crippen LogP contribution in [0.15, 0.2) is 42.5 Å². The number of aryl methyl sites for hydroxylation is 1. The summed E-state index contributed by atoms with van der Waals surface area (Å²) >= 11 is 0. The monoisotopic (exact) mass is 313 g/mol. The van der Waals surface area contributed by atoms with Crippen molar-refractivity contribution in [1.82, 2.24) is 4.90 Å². The van der Waals surface area contributed by atoms with Crippen LogP contribution in [0.4, 0.5) is 4.39 Å². The highest BCUT2D eigenvalue weighted by Crippen LogP contribution is 2.35. The second-order valence-electron chi connectivity index (χ2n) is 6.76. The standard InChI is InChI=1S/C20H24FNO/c1-15-7-8-17(19(21)13-15)14-16-5-3-4-6-18(16)20(23)9-11-22(2)12-10-20/h3-8,13,23H,9-12,14H2,1-2H3. The molecule has 122 valence electrons. The zero-order valence-electron chi connectivity index (χ0n) is 13.8. The molecule has 1 aliphatic heterocycles. The molecule has 0 amide bonds. The van der Waals surface area contributed by atoms with Gasteiger partial charge in [-0.1, -0.05) is 36.4 Å². The van der Waals surface area contributed by atoms with Crippen LogP contribution in [0.5, 0.6) is 0 Å². The third-order valence-corrected chi connectivity index (χ3v) is 4.92. The first-order chi connectivity index (χ1) is 11.0. The topological polar surface area (TPSA) is 23.5 Å². The van der Waals surface area contributed by atoms with Crippen molar-refractivity contribution in [1.29, 1.82) is 0 Å². The fourth-order valence-electron chi connectivity index (χ4n) is 3.39. The molecule has 1 heterocycles. The summed E-state index contributed by atoms with van der Waals surface area (Å²) in [6, 6.07) is 13.3. The molecule has 0 saturated carbocycles. The average molecular weight is 313 g/mol. The van der Waals surface area contributed by atoms with Gasteiger partial charge in [-0.15, -0.1) is 0 Å². The van der Waals surface area contributed by atoms with E-state index in [9.17, 15) is 9.50 Å². The average Bonchev–Trinajstić information content (AvgIpc) is 2.54. The highest BCUT2D eigenvalue weighted by molar-refractivity contribution is 5.38. The second-order valence-corrected chi connectivity index (χ2v) is 6.76. The summed E-state index contributed by atoms with van der Waals surface area (Å²) < 4.78 is 14.2. The van der Waals surface area contributed by atoms with E-state index in [1.807, 2.05) is 43.3 Å². The number of hydrogen-bond donors (Lipinski definition) is 1. The lowest BCUT2D eigenvalue weighted by atomic mass is 9.81. The van der Waals surface area contributed by atoms with Gasteiger partial charge in [-0.25, -0.2) is 4.39 Å². The van der Waals surface area contributed by atoms with Crippen molar-refractivity contribution in [2.24, 2.45) is 0 Å². The van der Waals surface area contributed by atoms with Crippen molar-refractivity contribution < 1.29 is 9.50 Å². The van der Waals surface area contributed by atoms with Gasteiger partial charge < -0.3 is 10.0 Å². The number of hydrogen-bond acceptors (Lipinski definition) is 2. The molecule has 3 heteroatoms. The van der Waals surface area contributed by atoms with Crippen LogP contribution in [0.25, 0.3) is 0 Å². The number of benzene rings is 2. The summed E-state index contributed by atoms with van der Waals surface area (Å²) in [5.74, 6) is -0.171. The Balaban J connectivity index is 1.92. The maximum atomic E-state index is 14.2. The Labute approximate surface area is 137 Å². The molecule has 1 aliphatic rings. The fraction of sp³-hybridized carbons (Fsp3) is 0.400. The summed E-state index contributed by atoms with van der Waals surface area (Å²) in [6.45, 7) is 3.65. The lowest BCUT2D eigenvalue weighted by Gasteiger charge is -2.38. The van der Waals surface area contributed by atoms with Gasteiger partial charge in [0, 0.05) is 19.5 Å². The van der Waals surface area contributed by atoms with Gasteiger partial charge in [0.25, 0.3) is 0 Å². The van der Waals surface area contributed by atoms with Crippen molar-refractivity contribution in [3.63, 3.8) is 0 Å². The summed E-state index contributed by atoms with van der Waals surface area (Å²) in [5.41, 5.74) is 2.77. The molecular weight excluding hydrogens is 289 g/mol. The van der Waals surface area contributed by atoms with Crippen LogP contribution in [0.2, 0.25) is 0 Å². The van der Waals surface area contributed by atoms with E-state index in [1.54, 1.807) is 6.07 Å². The Morgan fingerprint density at radius 3 is 2.48 bits per heavy atom. The van der Waals surface area contributed by atoms with Crippen molar-refractivity contribution >= 4 is 0 Å². The quantitative estimate of drug-likeness (QED) is 0.935. The molecule has 0 aliphatic carbocycles. The maximum absolute atomic E-state index is 14.2. The predicted octanol–water partition coefficient (Wildman–Crippen LogP) is 3.64. The number of aliphatic hydroxyl groups is 1. The van der Waals surface area contributed by atoms with E-state index in [4.69, 9.17) is 0 Å². The van der Waals surface area contributed by atoms with Crippen LogP contribution in [-0.2, 0) is 12.0 Å². The molecule has 0 radical (unpaired) electrons. The largest absolute Gasteiger partial charge is 0.385 e. The van der Waals surface area contributed by atoms with Gasteiger partial charge in [-0.3, -0.25) is 0 Å². The minimum Gasteiger partial charge on any atom is -0.385 e. The van der Waals surface area contributed by atoms with E-state index in [0.717, 1.165) is 42.6 Å². The molecule has 1 saturated heterocycles. The fourth-order valence-corrected chi connectivity index (χ4v) is 3.39. The minimum absolute atomic E-state index is 0.171. The number of piperidine rings is 1. The SMILES string of the molecule is Cc1ccc(Cc2ccccc2C2(O)CCN(C)CC2)c(F)c1. The second kappa shape index (κ2) is 6.42. The van der Waals surface area contributed by atoms with Crippen molar-refractivity contribution in [2.45, 2.75) is 31.8 Å². The minimum atomic E-state index is -0.801. The van der Waals surface area contributed by atoms with Gasteiger partial charge in [-0.2, -0.15) is 0 Å². The van der Waals surface area contributed by atoms with E-state index < -0.39 is 5.60 Å². The van der Waals surface area contributed by atoms with Crippen LogP contribution in [0, 0.1) is 12.7 Å². The summed E-state index contributed by atoms with van der Waals surface area (Å²) in [4.78, 5) is 2.23. The first kappa shape index (κ1) is 16.2. The van der Waals surface area contributed by atoms with Crippen LogP contribution >= 0.6 is 0 Å². The molecule has 0 unspecified atom stereocenters.